The topological polar surface area (TPSA) is 87.5 Å². The second-order valence-corrected chi connectivity index (χ2v) is 7.22. The lowest BCUT2D eigenvalue weighted by molar-refractivity contribution is 0.102. The molecule has 11 heteroatoms. The van der Waals surface area contributed by atoms with Crippen LogP contribution < -0.4 is 15.5 Å². The average Bonchev–Trinajstić information content (AvgIpc) is 3.04. The Morgan fingerprint density at radius 3 is 2.77 bits per heavy atom. The number of hydrogen-bond acceptors (Lipinski definition) is 6. The average molecular weight is 419 g/mol. The number of anilines is 2. The molecule has 1 saturated heterocycles. The van der Waals surface area contributed by atoms with Crippen molar-refractivity contribution in [2.24, 2.45) is 5.92 Å². The first-order valence-electron chi connectivity index (χ1n) is 9.41. The Morgan fingerprint density at radius 1 is 1.27 bits per heavy atom. The third-order valence-corrected chi connectivity index (χ3v) is 4.77. The zero-order valence-corrected chi connectivity index (χ0v) is 16.1. The summed E-state index contributed by atoms with van der Waals surface area (Å²) in [6, 6.07) is 1.20. The molecule has 4 heterocycles. The van der Waals surface area contributed by atoms with E-state index in [0.29, 0.717) is 31.1 Å². The Labute approximate surface area is 170 Å². The van der Waals surface area contributed by atoms with E-state index in [1.54, 1.807) is 19.3 Å². The molecule has 0 aromatic carbocycles. The Hall–Kier alpha value is -3.21. The van der Waals surface area contributed by atoms with Gasteiger partial charge >= 0.3 is 0 Å². The summed E-state index contributed by atoms with van der Waals surface area (Å²) in [4.78, 5) is 26.8. The van der Waals surface area contributed by atoms with Gasteiger partial charge in [0, 0.05) is 44.0 Å². The lowest BCUT2D eigenvalue weighted by Gasteiger charge is -2.40. The molecule has 3 aromatic rings. The second kappa shape index (κ2) is 8.27. The van der Waals surface area contributed by atoms with Crippen LogP contribution in [0.1, 0.15) is 16.2 Å². The monoisotopic (exact) mass is 419 g/mol. The Kier molecular flexibility index (Phi) is 5.53. The van der Waals surface area contributed by atoms with Crippen LogP contribution in [0.25, 0.3) is 5.65 Å². The summed E-state index contributed by atoms with van der Waals surface area (Å²) in [5.74, 6) is -0.178. The number of nitrogens with one attached hydrogen (secondary N) is 2. The minimum Gasteiger partial charge on any atom is -0.355 e. The minimum absolute atomic E-state index is 0.0942. The molecule has 1 aliphatic heterocycles. The van der Waals surface area contributed by atoms with Gasteiger partial charge in [-0.1, -0.05) is 0 Å². The van der Waals surface area contributed by atoms with Crippen molar-refractivity contribution >= 4 is 23.1 Å². The van der Waals surface area contributed by atoms with E-state index >= 15 is 0 Å². The summed E-state index contributed by atoms with van der Waals surface area (Å²) in [5, 5.41) is 5.33. The number of aromatic nitrogens is 4. The lowest BCUT2D eigenvalue weighted by Crippen LogP contribution is -2.51. The number of imidazole rings is 1. The first-order valence-corrected chi connectivity index (χ1v) is 9.41. The standard InChI is InChI=1S/C19H20F3N7O/c1-11-7-29-10-13(2-14(20)18(29)26-11)27-19(30)15-4-25-17(6-24-15)28-8-12(9-28)3-23-5-16(21)22/h2,4,6-7,10,12,16,23H,3,5,8-9H2,1H3,(H,27,30). The van der Waals surface area contributed by atoms with E-state index in [-0.39, 0.29) is 29.5 Å². The fourth-order valence-corrected chi connectivity index (χ4v) is 3.33. The number of rotatable bonds is 7. The van der Waals surface area contributed by atoms with Crippen LogP contribution in [0.15, 0.2) is 30.9 Å². The summed E-state index contributed by atoms with van der Waals surface area (Å²) in [6.45, 7) is 3.33. The molecular weight excluding hydrogens is 399 g/mol. The summed E-state index contributed by atoms with van der Waals surface area (Å²) in [5.41, 5.74) is 1.22. The summed E-state index contributed by atoms with van der Waals surface area (Å²) >= 11 is 0. The molecule has 0 unspecified atom stereocenters. The predicted molar refractivity (Wildman–Crippen MR) is 104 cm³/mol. The number of hydrogen-bond donors (Lipinski definition) is 2. The van der Waals surface area contributed by atoms with E-state index in [0.717, 1.165) is 0 Å². The van der Waals surface area contributed by atoms with E-state index in [9.17, 15) is 18.0 Å². The smallest absolute Gasteiger partial charge is 0.275 e. The highest BCUT2D eigenvalue weighted by Gasteiger charge is 2.28. The highest BCUT2D eigenvalue weighted by Crippen LogP contribution is 2.22. The van der Waals surface area contributed by atoms with Crippen LogP contribution in [-0.2, 0) is 0 Å². The van der Waals surface area contributed by atoms with Crippen LogP contribution in [0.3, 0.4) is 0 Å². The molecule has 30 heavy (non-hydrogen) atoms. The van der Waals surface area contributed by atoms with Gasteiger partial charge in [0.2, 0.25) is 0 Å². The van der Waals surface area contributed by atoms with Crippen LogP contribution in [0, 0.1) is 18.7 Å². The van der Waals surface area contributed by atoms with Crippen LogP contribution in [0.4, 0.5) is 24.7 Å². The Bertz CT molecular complexity index is 1050. The van der Waals surface area contributed by atoms with Crippen molar-refractivity contribution in [1.29, 1.82) is 0 Å². The molecule has 0 atom stereocenters. The largest absolute Gasteiger partial charge is 0.355 e. The van der Waals surface area contributed by atoms with Crippen molar-refractivity contribution in [3.05, 3.63) is 48.1 Å². The number of amides is 1. The van der Waals surface area contributed by atoms with Crippen molar-refractivity contribution in [2.75, 3.05) is 36.4 Å². The molecule has 0 aliphatic carbocycles. The van der Waals surface area contributed by atoms with E-state index in [4.69, 9.17) is 0 Å². The maximum absolute atomic E-state index is 14.1. The molecule has 1 aliphatic rings. The summed E-state index contributed by atoms with van der Waals surface area (Å²) in [6.07, 6.45) is 3.71. The van der Waals surface area contributed by atoms with Crippen molar-refractivity contribution in [3.63, 3.8) is 0 Å². The van der Waals surface area contributed by atoms with Crippen molar-refractivity contribution in [1.82, 2.24) is 24.7 Å². The summed E-state index contributed by atoms with van der Waals surface area (Å²) < 4.78 is 39.9. The zero-order valence-electron chi connectivity index (χ0n) is 16.1. The van der Waals surface area contributed by atoms with E-state index in [1.807, 2.05) is 4.90 Å². The Balaban J connectivity index is 1.34. The number of nitrogens with zero attached hydrogens (tertiary/aromatic N) is 5. The fourth-order valence-electron chi connectivity index (χ4n) is 3.33. The number of carbonyl (C=O) groups excluding carboxylic acids is 1. The van der Waals surface area contributed by atoms with Gasteiger partial charge in [-0.3, -0.25) is 4.79 Å². The number of halogens is 3. The van der Waals surface area contributed by atoms with Crippen LogP contribution >= 0.6 is 0 Å². The quantitative estimate of drug-likeness (QED) is 0.610. The van der Waals surface area contributed by atoms with Gasteiger partial charge in [0.05, 0.1) is 30.3 Å². The first kappa shape index (κ1) is 20.1. The lowest BCUT2D eigenvalue weighted by atomic mass is 10.0. The number of fused-ring (bicyclic) bond motifs is 1. The van der Waals surface area contributed by atoms with Crippen LogP contribution in [0.2, 0.25) is 0 Å². The highest BCUT2D eigenvalue weighted by molar-refractivity contribution is 6.02. The molecule has 0 spiro atoms. The molecule has 0 bridgehead atoms. The maximum Gasteiger partial charge on any atom is 0.275 e. The number of pyridine rings is 1. The SMILES string of the molecule is Cc1cn2cc(NC(=O)c3cnc(N4CC(CNCC(F)F)C4)cn3)cc(F)c2n1. The molecule has 1 amide bonds. The second-order valence-electron chi connectivity index (χ2n) is 7.22. The molecular formula is C19H20F3N7O. The van der Waals surface area contributed by atoms with Crippen molar-refractivity contribution < 1.29 is 18.0 Å². The highest BCUT2D eigenvalue weighted by atomic mass is 19.3. The van der Waals surface area contributed by atoms with Gasteiger partial charge in [0.15, 0.2) is 11.5 Å². The van der Waals surface area contributed by atoms with Gasteiger partial charge < -0.3 is 19.9 Å². The van der Waals surface area contributed by atoms with Gasteiger partial charge in [-0.15, -0.1) is 0 Å². The minimum atomic E-state index is -2.35. The molecule has 158 valence electrons. The third-order valence-electron chi connectivity index (χ3n) is 4.77. The van der Waals surface area contributed by atoms with Crippen LogP contribution in [0.5, 0.6) is 0 Å². The van der Waals surface area contributed by atoms with Gasteiger partial charge in [-0.2, -0.15) is 0 Å². The zero-order chi connectivity index (χ0) is 21.3. The Morgan fingerprint density at radius 2 is 2.07 bits per heavy atom. The van der Waals surface area contributed by atoms with E-state index in [2.05, 4.69) is 25.6 Å². The third kappa shape index (κ3) is 4.35. The van der Waals surface area contributed by atoms with Gasteiger partial charge in [0.1, 0.15) is 11.5 Å². The molecule has 0 radical (unpaired) electrons. The van der Waals surface area contributed by atoms with Gasteiger partial charge in [0.25, 0.3) is 12.3 Å². The number of carbonyl (C=O) groups is 1. The molecule has 2 N–H and O–H groups in total. The molecule has 8 nitrogen and oxygen atoms in total. The van der Waals surface area contributed by atoms with Crippen molar-refractivity contribution in [2.45, 2.75) is 13.3 Å². The number of aryl methyl sites for hydroxylation is 1. The summed E-state index contributed by atoms with van der Waals surface area (Å²) in [7, 11) is 0. The molecule has 0 saturated carbocycles. The molecule has 3 aromatic heterocycles. The molecule has 4 rings (SSSR count). The fraction of sp³-hybridized carbons (Fsp3) is 0.368. The van der Waals surface area contributed by atoms with E-state index < -0.39 is 18.1 Å². The first-order chi connectivity index (χ1) is 14.4. The maximum atomic E-state index is 14.1. The van der Waals surface area contributed by atoms with E-state index in [1.165, 1.54) is 22.9 Å². The van der Waals surface area contributed by atoms with Gasteiger partial charge in [-0.25, -0.2) is 28.1 Å². The predicted octanol–water partition coefficient (Wildman–Crippen LogP) is 2.12. The van der Waals surface area contributed by atoms with Crippen LogP contribution in [-0.4, -0.2) is 57.9 Å². The van der Waals surface area contributed by atoms with Gasteiger partial charge in [-0.05, 0) is 6.92 Å². The number of alkyl halides is 2. The molecule has 1 fully saturated rings. The van der Waals surface area contributed by atoms with Crippen molar-refractivity contribution in [3.8, 4) is 0 Å². The normalized spacial score (nSPS) is 14.4.